The molecule has 2 N–H and O–H groups in total. The minimum atomic E-state index is -2.30. The lowest BCUT2D eigenvalue weighted by Crippen LogP contribution is -2.52. The van der Waals surface area contributed by atoms with Gasteiger partial charge < -0.3 is 19.3 Å². The van der Waals surface area contributed by atoms with Crippen LogP contribution in [0.1, 0.15) is 88.1 Å². The lowest BCUT2D eigenvalue weighted by atomic mass is 10.0. The molecule has 38 heavy (non-hydrogen) atoms. The van der Waals surface area contributed by atoms with Crippen molar-refractivity contribution in [3.63, 3.8) is 0 Å². The van der Waals surface area contributed by atoms with Gasteiger partial charge in [-0.25, -0.2) is 4.79 Å². The topological polar surface area (TPSA) is 84.9 Å². The number of nitrogens with one attached hydrogen (secondary N) is 1. The van der Waals surface area contributed by atoms with Gasteiger partial charge in [-0.1, -0.05) is 88.3 Å². The molecule has 0 fully saturated rings. The first-order valence-corrected chi connectivity index (χ1v) is 19.3. The summed E-state index contributed by atoms with van der Waals surface area (Å²) in [6, 6.07) is 7.08. The molecule has 0 aliphatic carbocycles. The number of carbonyl (C=O) groups is 2. The molecule has 0 aliphatic rings. The van der Waals surface area contributed by atoms with Crippen molar-refractivity contribution < 1.29 is 23.5 Å². The summed E-state index contributed by atoms with van der Waals surface area (Å²) >= 11 is 0. The molecular formula is C30H55NO5Si2. The molecule has 0 aromatic heterocycles. The molecule has 218 valence electrons. The van der Waals surface area contributed by atoms with Gasteiger partial charge in [0.15, 0.2) is 8.32 Å². The van der Waals surface area contributed by atoms with Crippen LogP contribution in [-0.4, -0.2) is 45.8 Å². The molecule has 1 aromatic carbocycles. The van der Waals surface area contributed by atoms with E-state index in [1.807, 2.05) is 38.1 Å². The number of benzene rings is 1. The van der Waals surface area contributed by atoms with Gasteiger partial charge in [0.2, 0.25) is 5.91 Å². The first-order valence-electron chi connectivity index (χ1n) is 14.2. The van der Waals surface area contributed by atoms with Crippen LogP contribution in [0.15, 0.2) is 24.3 Å². The summed E-state index contributed by atoms with van der Waals surface area (Å²) in [7, 11) is -4.37. The number of carbonyl (C=O) groups excluding carboxylic acids is 1. The van der Waals surface area contributed by atoms with E-state index in [4.69, 9.17) is 8.85 Å². The molecule has 1 aromatic rings. The average Bonchev–Trinajstić information content (AvgIpc) is 2.75. The summed E-state index contributed by atoms with van der Waals surface area (Å²) in [6.45, 7) is 28.1. The first-order chi connectivity index (χ1) is 17.2. The third-order valence-electron chi connectivity index (χ3n) is 8.20. The van der Waals surface area contributed by atoms with Crippen LogP contribution in [0.4, 0.5) is 0 Å². The quantitative estimate of drug-likeness (QED) is 0.225. The van der Waals surface area contributed by atoms with Crippen molar-refractivity contribution in [1.29, 1.82) is 0 Å². The Balaban J connectivity index is 3.27. The molecule has 0 bridgehead atoms. The Morgan fingerprint density at radius 3 is 1.74 bits per heavy atom. The largest absolute Gasteiger partial charge is 0.543 e. The van der Waals surface area contributed by atoms with Gasteiger partial charge in [0, 0.05) is 6.42 Å². The van der Waals surface area contributed by atoms with Crippen LogP contribution >= 0.6 is 0 Å². The molecule has 1 amide bonds. The van der Waals surface area contributed by atoms with E-state index in [-0.39, 0.29) is 16.9 Å². The van der Waals surface area contributed by atoms with Gasteiger partial charge in [-0.3, -0.25) is 4.79 Å². The predicted molar refractivity (Wildman–Crippen MR) is 163 cm³/mol. The number of carboxylic acid groups (broad SMARTS) is 1. The molecule has 0 aliphatic heterocycles. The molecule has 2 atom stereocenters. The zero-order valence-electron chi connectivity index (χ0n) is 26.3. The SMILES string of the molecule is CC(C)C[C@@H](NC(=O)[C@@H](Cc1ccc(O[Si](C(C)C)(C(C)C)C(C)C)cc1)O[Si](C)(C)C(C)(C)C)C(=O)O. The second-order valence-corrected chi connectivity index (χ2v) is 23.8. The molecule has 0 radical (unpaired) electrons. The Hall–Kier alpha value is -1.65. The van der Waals surface area contributed by atoms with E-state index < -0.39 is 34.7 Å². The maximum Gasteiger partial charge on any atom is 0.326 e. The number of hydrogen-bond acceptors (Lipinski definition) is 4. The highest BCUT2D eigenvalue weighted by molar-refractivity contribution is 6.78. The van der Waals surface area contributed by atoms with E-state index in [1.54, 1.807) is 0 Å². The van der Waals surface area contributed by atoms with Crippen LogP contribution in [0.3, 0.4) is 0 Å². The molecule has 0 spiro atoms. The van der Waals surface area contributed by atoms with Crippen molar-refractivity contribution >= 4 is 28.5 Å². The molecule has 1 rings (SSSR count). The molecule has 0 saturated carbocycles. The maximum atomic E-state index is 13.4. The molecule has 0 heterocycles. The van der Waals surface area contributed by atoms with Gasteiger partial charge in [-0.05, 0) is 64.8 Å². The molecule has 0 unspecified atom stereocenters. The summed E-state index contributed by atoms with van der Waals surface area (Å²) in [5.74, 6) is -0.380. The number of amides is 1. The number of aliphatic carboxylic acids is 1. The Labute approximate surface area is 234 Å². The smallest absolute Gasteiger partial charge is 0.326 e. The standard InChI is InChI=1S/C30H55NO5Si2/c1-20(2)18-26(29(33)34)31-28(32)27(36-37(12,13)30(9,10)11)19-24-14-16-25(17-15-24)35-38(21(3)4,22(5)6)23(7)8/h14-17,20-23,26-27H,18-19H2,1-13H3,(H,31,32)(H,33,34)/t26-,27-/m1/s1. The zero-order valence-corrected chi connectivity index (χ0v) is 28.3. The van der Waals surface area contributed by atoms with Crippen LogP contribution in [0.25, 0.3) is 0 Å². The number of carboxylic acids is 1. The van der Waals surface area contributed by atoms with E-state index >= 15 is 0 Å². The number of hydrogen-bond donors (Lipinski definition) is 2. The highest BCUT2D eigenvalue weighted by Crippen LogP contribution is 2.43. The van der Waals surface area contributed by atoms with E-state index in [9.17, 15) is 14.7 Å². The summed E-state index contributed by atoms with van der Waals surface area (Å²) in [6.07, 6.45) is -0.0342. The lowest BCUT2D eigenvalue weighted by Gasteiger charge is -2.42. The van der Waals surface area contributed by atoms with Crippen molar-refractivity contribution in [3.05, 3.63) is 29.8 Å². The fraction of sp³-hybridized carbons (Fsp3) is 0.733. The summed E-state index contributed by atoms with van der Waals surface area (Å²) in [5.41, 5.74) is 2.38. The van der Waals surface area contributed by atoms with Crippen molar-refractivity contribution in [2.24, 2.45) is 5.92 Å². The van der Waals surface area contributed by atoms with Gasteiger partial charge in [0.25, 0.3) is 8.32 Å². The van der Waals surface area contributed by atoms with Crippen molar-refractivity contribution in [2.45, 2.75) is 136 Å². The van der Waals surface area contributed by atoms with Crippen LogP contribution in [0.5, 0.6) is 5.75 Å². The van der Waals surface area contributed by atoms with Gasteiger partial charge >= 0.3 is 5.97 Å². The second kappa shape index (κ2) is 13.6. The summed E-state index contributed by atoms with van der Waals surface area (Å²) in [5, 5.41) is 12.4. The molecule has 0 saturated heterocycles. The van der Waals surface area contributed by atoms with Gasteiger partial charge in [0.05, 0.1) is 0 Å². The van der Waals surface area contributed by atoms with Gasteiger partial charge in [0.1, 0.15) is 17.9 Å². The fourth-order valence-electron chi connectivity index (χ4n) is 5.14. The normalized spacial score (nSPS) is 14.8. The first kappa shape index (κ1) is 34.4. The molecular weight excluding hydrogens is 511 g/mol. The van der Waals surface area contributed by atoms with Crippen molar-refractivity contribution in [3.8, 4) is 5.75 Å². The van der Waals surface area contributed by atoms with Crippen LogP contribution in [0.2, 0.25) is 34.8 Å². The average molecular weight is 566 g/mol. The Morgan fingerprint density at radius 2 is 1.37 bits per heavy atom. The fourth-order valence-corrected chi connectivity index (χ4v) is 11.6. The molecule has 6 nitrogen and oxygen atoms in total. The Bertz CT molecular complexity index is 882. The third-order valence-corrected chi connectivity index (χ3v) is 18.7. The van der Waals surface area contributed by atoms with Crippen LogP contribution in [-0.2, 0) is 20.4 Å². The van der Waals surface area contributed by atoms with E-state index in [0.717, 1.165) is 11.3 Å². The van der Waals surface area contributed by atoms with E-state index in [1.165, 1.54) is 0 Å². The van der Waals surface area contributed by atoms with Crippen LogP contribution < -0.4 is 9.74 Å². The van der Waals surface area contributed by atoms with E-state index in [0.29, 0.717) is 29.5 Å². The van der Waals surface area contributed by atoms with E-state index in [2.05, 4.69) is 80.7 Å². The Kier molecular flexibility index (Phi) is 12.3. The highest BCUT2D eigenvalue weighted by atomic mass is 28.4. The lowest BCUT2D eigenvalue weighted by molar-refractivity contribution is -0.143. The number of rotatable bonds is 14. The third kappa shape index (κ3) is 8.95. The monoisotopic (exact) mass is 565 g/mol. The Morgan fingerprint density at radius 1 is 0.895 bits per heavy atom. The minimum absolute atomic E-state index is 0.0914. The maximum absolute atomic E-state index is 13.4. The summed E-state index contributed by atoms with van der Waals surface area (Å²) in [4.78, 5) is 25.3. The van der Waals surface area contributed by atoms with Gasteiger partial charge in [-0.2, -0.15) is 0 Å². The highest BCUT2D eigenvalue weighted by Gasteiger charge is 2.47. The van der Waals surface area contributed by atoms with Gasteiger partial charge in [-0.15, -0.1) is 0 Å². The second-order valence-electron chi connectivity index (χ2n) is 13.7. The minimum Gasteiger partial charge on any atom is -0.543 e. The van der Waals surface area contributed by atoms with Crippen molar-refractivity contribution in [1.82, 2.24) is 5.32 Å². The summed E-state index contributed by atoms with van der Waals surface area (Å²) < 4.78 is 13.4. The van der Waals surface area contributed by atoms with Crippen LogP contribution in [0, 0.1) is 5.92 Å². The molecule has 8 heteroatoms. The van der Waals surface area contributed by atoms with Crippen molar-refractivity contribution in [2.75, 3.05) is 0 Å². The zero-order chi connectivity index (χ0) is 29.6. The predicted octanol–water partition coefficient (Wildman–Crippen LogP) is 7.79.